The minimum absolute atomic E-state index is 0.0372. The number of hydrogen-bond acceptors (Lipinski definition) is 7. The average Bonchev–Trinajstić information content (AvgIpc) is 4.09. The van der Waals surface area contributed by atoms with E-state index in [1.54, 1.807) is 6.92 Å². The van der Waals surface area contributed by atoms with Gasteiger partial charge in [-0.1, -0.05) is 154 Å². The lowest BCUT2D eigenvalue weighted by Gasteiger charge is -2.41. The third-order valence-corrected chi connectivity index (χ3v) is 12.6. The largest absolute Gasteiger partial charge is 0.465 e. The van der Waals surface area contributed by atoms with Gasteiger partial charge in [0, 0.05) is 64.1 Å². The van der Waals surface area contributed by atoms with Gasteiger partial charge in [0.2, 0.25) is 0 Å². The SMILES string of the molecule is CCCCC/C=C\C/C=C\CCCCCCCC(=O)OCC1(CC2CC2)CCN(C(=O)NCCN(C)C)CC1.CCCCCCCCOC(CCC(C)=O)OCCCCCCCC. The summed E-state index contributed by atoms with van der Waals surface area (Å²) in [6.45, 7) is 13.4. The number of esters is 1. The zero-order valence-corrected chi connectivity index (χ0v) is 42.2. The van der Waals surface area contributed by atoms with Gasteiger partial charge in [-0.25, -0.2) is 4.79 Å². The van der Waals surface area contributed by atoms with Gasteiger partial charge in [-0.05, 0) is 97.6 Å². The number of nitrogens with one attached hydrogen (secondary N) is 1. The van der Waals surface area contributed by atoms with E-state index in [0.717, 1.165) is 96.6 Å². The quantitative estimate of drug-likeness (QED) is 0.0283. The van der Waals surface area contributed by atoms with Crippen molar-refractivity contribution in [2.75, 3.05) is 60.1 Å². The van der Waals surface area contributed by atoms with Crippen LogP contribution >= 0.6 is 0 Å². The molecule has 0 radical (unpaired) electrons. The number of Topliss-reactive ketones (excluding diaryl/α,β-unsaturated/α-hetero) is 1. The highest BCUT2D eigenvalue weighted by Crippen LogP contribution is 2.46. The Labute approximate surface area is 389 Å². The summed E-state index contributed by atoms with van der Waals surface area (Å²) in [5, 5.41) is 3.03. The first kappa shape index (κ1) is 58.8. The molecule has 1 saturated heterocycles. The van der Waals surface area contributed by atoms with E-state index in [1.807, 2.05) is 19.0 Å². The maximum Gasteiger partial charge on any atom is 0.317 e. The maximum atomic E-state index is 12.5. The number of likely N-dealkylation sites (N-methyl/N-ethyl adjacent to an activating group) is 1. The minimum Gasteiger partial charge on any atom is -0.465 e. The Morgan fingerprint density at radius 2 is 1.19 bits per heavy atom. The van der Waals surface area contributed by atoms with E-state index in [0.29, 0.717) is 32.4 Å². The van der Waals surface area contributed by atoms with Gasteiger partial charge in [-0.15, -0.1) is 0 Å². The van der Waals surface area contributed by atoms with E-state index in [4.69, 9.17) is 14.2 Å². The van der Waals surface area contributed by atoms with E-state index in [9.17, 15) is 14.4 Å². The lowest BCUT2D eigenvalue weighted by molar-refractivity contribution is -0.150. The van der Waals surface area contributed by atoms with Crippen molar-refractivity contribution in [2.45, 2.75) is 233 Å². The van der Waals surface area contributed by atoms with Crippen LogP contribution in [0.25, 0.3) is 0 Å². The first-order valence-corrected chi connectivity index (χ1v) is 26.5. The normalized spacial score (nSPS) is 15.1. The van der Waals surface area contributed by atoms with Crippen LogP contribution in [0.5, 0.6) is 0 Å². The number of allylic oxidation sites excluding steroid dienone is 4. The van der Waals surface area contributed by atoms with Crippen molar-refractivity contribution < 1.29 is 28.6 Å². The molecule has 2 amide bonds. The Morgan fingerprint density at radius 3 is 1.73 bits per heavy atom. The lowest BCUT2D eigenvalue weighted by Crippen LogP contribution is -2.49. The monoisotopic (exact) mass is 888 g/mol. The number of ketones is 1. The Morgan fingerprint density at radius 1 is 0.683 bits per heavy atom. The first-order valence-electron chi connectivity index (χ1n) is 26.5. The second-order valence-electron chi connectivity index (χ2n) is 19.3. The molecule has 2 rings (SSSR count). The number of hydrogen-bond donors (Lipinski definition) is 1. The Kier molecular flexibility index (Phi) is 38.5. The second-order valence-corrected chi connectivity index (χ2v) is 19.3. The fourth-order valence-electron chi connectivity index (χ4n) is 8.14. The van der Waals surface area contributed by atoms with Crippen molar-refractivity contribution in [3.8, 4) is 0 Å². The molecule has 9 heteroatoms. The Balaban J connectivity index is 0.000000711. The van der Waals surface area contributed by atoms with Crippen LogP contribution in [0.1, 0.15) is 227 Å². The van der Waals surface area contributed by atoms with Gasteiger partial charge in [-0.3, -0.25) is 4.79 Å². The molecular formula is C54H101N3O6. The standard InChI is InChI=1S/C33H59N3O3.C21H42O3/c1-4-5-6-7-8-9-10-11-12-13-14-15-16-17-18-19-31(37)39-29-33(28-30-20-21-30)22-25-36(26-23-33)32(38)34-24-27-35(2)3;1-4-6-8-10-12-14-18-23-21(17-16-20(3)22)24-19-15-13-11-9-7-5-2/h8-9,11-12,30H,4-7,10,13-29H2,1-3H3,(H,34,38);21H,4-19H2,1-3H3/b9-8-,12-11-;. The molecule has 1 saturated carbocycles. The number of unbranched alkanes of at least 4 members (excludes halogenated alkanes) is 18. The molecule has 0 aromatic rings. The van der Waals surface area contributed by atoms with Crippen molar-refractivity contribution in [3.63, 3.8) is 0 Å². The fraction of sp³-hybridized carbons (Fsp3) is 0.870. The molecule has 63 heavy (non-hydrogen) atoms. The van der Waals surface area contributed by atoms with Gasteiger partial charge in [0.25, 0.3) is 0 Å². The van der Waals surface area contributed by atoms with Crippen molar-refractivity contribution in [2.24, 2.45) is 11.3 Å². The summed E-state index contributed by atoms with van der Waals surface area (Å²) >= 11 is 0. The number of ether oxygens (including phenoxy) is 3. The number of nitrogens with zero attached hydrogens (tertiary/aromatic N) is 2. The number of carbonyl (C=O) groups is 3. The summed E-state index contributed by atoms with van der Waals surface area (Å²) in [6, 6.07) is 0.0372. The minimum atomic E-state index is -0.194. The van der Waals surface area contributed by atoms with Crippen LogP contribution in [0.3, 0.4) is 0 Å². The van der Waals surface area contributed by atoms with Crippen molar-refractivity contribution >= 4 is 17.8 Å². The highest BCUT2D eigenvalue weighted by atomic mass is 16.7. The number of urea groups is 1. The third kappa shape index (κ3) is 36.7. The van der Waals surface area contributed by atoms with Crippen LogP contribution in [0.4, 0.5) is 4.79 Å². The van der Waals surface area contributed by atoms with Crippen LogP contribution < -0.4 is 5.32 Å². The molecule has 0 aromatic heterocycles. The summed E-state index contributed by atoms with van der Waals surface area (Å²) < 4.78 is 17.6. The summed E-state index contributed by atoms with van der Waals surface area (Å²) in [7, 11) is 4.02. The summed E-state index contributed by atoms with van der Waals surface area (Å²) in [5.41, 5.74) is 0.0512. The van der Waals surface area contributed by atoms with Crippen molar-refractivity contribution in [1.29, 1.82) is 0 Å². The Bertz CT molecular complexity index is 1130. The molecule has 0 unspecified atom stereocenters. The highest BCUT2D eigenvalue weighted by molar-refractivity contribution is 5.75. The number of amides is 2. The molecule has 2 aliphatic rings. The molecule has 9 nitrogen and oxygen atoms in total. The molecule has 0 bridgehead atoms. The summed E-state index contributed by atoms with van der Waals surface area (Å²) in [4.78, 5) is 40.2. The third-order valence-electron chi connectivity index (χ3n) is 12.6. The van der Waals surface area contributed by atoms with Crippen LogP contribution in [-0.2, 0) is 23.8 Å². The Hall–Kier alpha value is -2.23. The molecule has 0 aromatic carbocycles. The summed E-state index contributed by atoms with van der Waals surface area (Å²) in [6.07, 6.45) is 44.6. The summed E-state index contributed by atoms with van der Waals surface area (Å²) in [5.74, 6) is 0.956. The molecule has 1 N–H and O–H groups in total. The van der Waals surface area contributed by atoms with Gasteiger partial charge >= 0.3 is 12.0 Å². The van der Waals surface area contributed by atoms with Gasteiger partial charge < -0.3 is 34.1 Å². The van der Waals surface area contributed by atoms with Crippen LogP contribution in [-0.4, -0.2) is 94.0 Å². The maximum absolute atomic E-state index is 12.5. The van der Waals surface area contributed by atoms with Crippen molar-refractivity contribution in [1.82, 2.24) is 15.1 Å². The van der Waals surface area contributed by atoms with E-state index < -0.39 is 0 Å². The first-order chi connectivity index (χ1) is 30.6. The van der Waals surface area contributed by atoms with Crippen LogP contribution in [0.2, 0.25) is 0 Å². The molecule has 1 heterocycles. The molecule has 0 spiro atoms. The predicted octanol–water partition coefficient (Wildman–Crippen LogP) is 13.9. The van der Waals surface area contributed by atoms with Crippen molar-refractivity contribution in [3.05, 3.63) is 24.3 Å². The number of carbonyl (C=O) groups excluding carboxylic acids is 3. The molecule has 0 atom stereocenters. The van der Waals surface area contributed by atoms with E-state index in [2.05, 4.69) is 55.3 Å². The molecule has 1 aliphatic carbocycles. The highest BCUT2D eigenvalue weighted by Gasteiger charge is 2.41. The average molecular weight is 888 g/mol. The smallest absolute Gasteiger partial charge is 0.317 e. The predicted molar refractivity (Wildman–Crippen MR) is 265 cm³/mol. The zero-order valence-electron chi connectivity index (χ0n) is 42.2. The molecular weight excluding hydrogens is 787 g/mol. The van der Waals surface area contributed by atoms with Crippen LogP contribution in [0.15, 0.2) is 24.3 Å². The zero-order chi connectivity index (χ0) is 46.1. The molecule has 1 aliphatic heterocycles. The molecule has 368 valence electrons. The number of likely N-dealkylation sites (tertiary alicyclic amines) is 1. The number of rotatable bonds is 40. The van der Waals surface area contributed by atoms with Gasteiger partial charge in [0.1, 0.15) is 5.78 Å². The fourth-order valence-corrected chi connectivity index (χ4v) is 8.14. The van der Waals surface area contributed by atoms with E-state index in [-0.39, 0.29) is 29.5 Å². The topological polar surface area (TPSA) is 97.4 Å². The lowest BCUT2D eigenvalue weighted by atomic mass is 9.75. The molecule has 2 fully saturated rings. The van der Waals surface area contributed by atoms with Gasteiger partial charge in [0.05, 0.1) is 6.61 Å². The van der Waals surface area contributed by atoms with E-state index in [1.165, 1.54) is 122 Å². The van der Waals surface area contributed by atoms with Crippen LogP contribution in [0, 0.1) is 11.3 Å². The van der Waals surface area contributed by atoms with E-state index >= 15 is 0 Å². The second kappa shape index (κ2) is 41.2. The van der Waals surface area contributed by atoms with Gasteiger partial charge in [0.15, 0.2) is 6.29 Å². The number of piperidine rings is 1. The van der Waals surface area contributed by atoms with Gasteiger partial charge in [-0.2, -0.15) is 0 Å².